The Bertz CT molecular complexity index is 558. The van der Waals surface area contributed by atoms with Crippen molar-refractivity contribution >= 4 is 0 Å². The van der Waals surface area contributed by atoms with E-state index in [-0.39, 0.29) is 12.6 Å². The molecule has 4 nitrogen and oxygen atoms in total. The zero-order valence-corrected chi connectivity index (χ0v) is 13.2. The lowest BCUT2D eigenvalue weighted by molar-refractivity contribution is 0.200. The highest BCUT2D eigenvalue weighted by atomic mass is 16.5. The summed E-state index contributed by atoms with van der Waals surface area (Å²) in [7, 11) is 0. The number of aliphatic hydroxyl groups excluding tert-OH is 1. The van der Waals surface area contributed by atoms with Gasteiger partial charge in [0.2, 0.25) is 0 Å². The van der Waals surface area contributed by atoms with Crippen molar-refractivity contribution in [1.29, 1.82) is 0 Å². The van der Waals surface area contributed by atoms with Crippen LogP contribution in [0.4, 0.5) is 0 Å². The maximum Gasteiger partial charge on any atom is 0.123 e. The first kappa shape index (κ1) is 16.5. The first-order valence-corrected chi connectivity index (χ1v) is 7.67. The van der Waals surface area contributed by atoms with Crippen LogP contribution in [0.2, 0.25) is 0 Å². The number of ether oxygens (including phenoxy) is 1. The quantitative estimate of drug-likeness (QED) is 0.787. The lowest BCUT2D eigenvalue weighted by Gasteiger charge is -2.23. The summed E-state index contributed by atoms with van der Waals surface area (Å²) in [6.07, 6.45) is 3.70. The van der Waals surface area contributed by atoms with Crippen molar-refractivity contribution < 1.29 is 9.84 Å². The van der Waals surface area contributed by atoms with Crippen LogP contribution in [0.1, 0.15) is 31.0 Å². The van der Waals surface area contributed by atoms with Crippen LogP contribution in [0.25, 0.3) is 0 Å². The molecule has 0 saturated heterocycles. The highest BCUT2D eigenvalue weighted by Crippen LogP contribution is 2.23. The van der Waals surface area contributed by atoms with E-state index in [0.717, 1.165) is 11.3 Å². The molecule has 4 heteroatoms. The molecule has 1 heterocycles. The maximum absolute atomic E-state index is 8.91. The number of benzene rings is 1. The Balaban J connectivity index is 2.07. The second kappa shape index (κ2) is 8.51. The van der Waals surface area contributed by atoms with Crippen LogP contribution in [0.5, 0.6) is 5.75 Å². The van der Waals surface area contributed by atoms with E-state index in [0.29, 0.717) is 19.1 Å². The van der Waals surface area contributed by atoms with Crippen molar-refractivity contribution in [2.45, 2.75) is 26.4 Å². The number of pyridine rings is 1. The van der Waals surface area contributed by atoms with Gasteiger partial charge in [0.05, 0.1) is 6.61 Å². The number of hydrogen-bond donors (Lipinski definition) is 2. The van der Waals surface area contributed by atoms with Gasteiger partial charge in [0, 0.05) is 30.5 Å². The van der Waals surface area contributed by atoms with E-state index >= 15 is 0 Å². The summed E-state index contributed by atoms with van der Waals surface area (Å²) in [5.74, 6) is 1.27. The van der Waals surface area contributed by atoms with Gasteiger partial charge in [-0.15, -0.1) is 0 Å². The Kier molecular flexibility index (Phi) is 6.37. The first-order valence-electron chi connectivity index (χ1n) is 7.67. The molecule has 0 amide bonds. The molecule has 0 bridgehead atoms. The van der Waals surface area contributed by atoms with Gasteiger partial charge in [0.1, 0.15) is 12.4 Å². The van der Waals surface area contributed by atoms with Crippen molar-refractivity contribution in [3.05, 3.63) is 59.9 Å². The van der Waals surface area contributed by atoms with Crippen LogP contribution in [0, 0.1) is 5.92 Å². The molecule has 0 aliphatic rings. The highest BCUT2D eigenvalue weighted by Gasteiger charge is 2.16. The molecule has 2 rings (SSSR count). The average molecular weight is 300 g/mol. The molecule has 2 aromatic rings. The standard InChI is InChI=1S/C18H24N2O2/c1-14(2)18(16-7-5-9-19-12-16)20-13-15-6-3-4-8-17(15)22-11-10-21/h3-9,12,14,18,20-21H,10-11,13H2,1-2H3. The molecule has 0 fully saturated rings. The van der Waals surface area contributed by atoms with E-state index in [1.165, 1.54) is 5.56 Å². The van der Waals surface area contributed by atoms with Crippen LogP contribution in [0.3, 0.4) is 0 Å². The Morgan fingerprint density at radius 1 is 1.18 bits per heavy atom. The third-order valence-corrected chi connectivity index (χ3v) is 3.54. The molecule has 1 aromatic carbocycles. The van der Waals surface area contributed by atoms with Gasteiger partial charge in [-0.25, -0.2) is 0 Å². The molecule has 0 spiro atoms. The fourth-order valence-electron chi connectivity index (χ4n) is 2.46. The summed E-state index contributed by atoms with van der Waals surface area (Å²) >= 11 is 0. The molecule has 2 N–H and O–H groups in total. The lowest BCUT2D eigenvalue weighted by Crippen LogP contribution is -2.25. The number of para-hydroxylation sites is 1. The normalized spacial score (nSPS) is 12.4. The summed E-state index contributed by atoms with van der Waals surface area (Å²) in [4.78, 5) is 4.21. The topological polar surface area (TPSA) is 54.4 Å². The van der Waals surface area contributed by atoms with Gasteiger partial charge in [-0.1, -0.05) is 38.1 Å². The molecular weight excluding hydrogens is 276 g/mol. The SMILES string of the molecule is CC(C)C(NCc1ccccc1OCCO)c1cccnc1. The monoisotopic (exact) mass is 300 g/mol. The predicted molar refractivity (Wildman–Crippen MR) is 87.7 cm³/mol. The summed E-state index contributed by atoms with van der Waals surface area (Å²) in [6.45, 7) is 5.43. The molecule has 22 heavy (non-hydrogen) atoms. The van der Waals surface area contributed by atoms with Gasteiger partial charge >= 0.3 is 0 Å². The summed E-state index contributed by atoms with van der Waals surface area (Å²) in [5.41, 5.74) is 2.27. The number of aromatic nitrogens is 1. The van der Waals surface area contributed by atoms with Gasteiger partial charge in [-0.05, 0) is 23.6 Å². The molecule has 1 atom stereocenters. The van der Waals surface area contributed by atoms with Crippen LogP contribution in [-0.4, -0.2) is 23.3 Å². The van der Waals surface area contributed by atoms with Gasteiger partial charge < -0.3 is 15.2 Å². The minimum atomic E-state index is 0.0199. The fourth-order valence-corrected chi connectivity index (χ4v) is 2.46. The van der Waals surface area contributed by atoms with Crippen LogP contribution < -0.4 is 10.1 Å². The zero-order chi connectivity index (χ0) is 15.8. The molecule has 1 aromatic heterocycles. The van der Waals surface area contributed by atoms with E-state index in [9.17, 15) is 0 Å². The number of rotatable bonds is 8. The Labute approximate surface area is 132 Å². The molecule has 0 radical (unpaired) electrons. The first-order chi connectivity index (χ1) is 10.7. The van der Waals surface area contributed by atoms with Gasteiger partial charge in [-0.2, -0.15) is 0 Å². The van der Waals surface area contributed by atoms with Crippen molar-refractivity contribution in [3.63, 3.8) is 0 Å². The minimum Gasteiger partial charge on any atom is -0.491 e. The zero-order valence-electron chi connectivity index (χ0n) is 13.2. The lowest BCUT2D eigenvalue weighted by atomic mass is 9.97. The molecule has 118 valence electrons. The van der Waals surface area contributed by atoms with Gasteiger partial charge in [-0.3, -0.25) is 4.98 Å². The smallest absolute Gasteiger partial charge is 0.123 e. The summed E-state index contributed by atoms with van der Waals surface area (Å²) in [5, 5.41) is 12.5. The van der Waals surface area contributed by atoms with E-state index in [1.807, 2.05) is 36.5 Å². The van der Waals surface area contributed by atoms with Crippen LogP contribution in [0.15, 0.2) is 48.8 Å². The Hall–Kier alpha value is -1.91. The molecule has 0 aliphatic heterocycles. The summed E-state index contributed by atoms with van der Waals surface area (Å²) < 4.78 is 5.58. The molecular formula is C18H24N2O2. The molecule has 1 unspecified atom stereocenters. The number of nitrogens with zero attached hydrogens (tertiary/aromatic N) is 1. The fraction of sp³-hybridized carbons (Fsp3) is 0.389. The second-order valence-electron chi connectivity index (χ2n) is 5.57. The highest BCUT2D eigenvalue weighted by molar-refractivity contribution is 5.33. The number of nitrogens with one attached hydrogen (secondary N) is 1. The number of hydrogen-bond acceptors (Lipinski definition) is 4. The van der Waals surface area contributed by atoms with E-state index in [4.69, 9.17) is 9.84 Å². The number of aliphatic hydroxyl groups is 1. The molecule has 0 saturated carbocycles. The second-order valence-corrected chi connectivity index (χ2v) is 5.57. The van der Waals surface area contributed by atoms with Crippen molar-refractivity contribution in [1.82, 2.24) is 10.3 Å². The third-order valence-electron chi connectivity index (χ3n) is 3.54. The summed E-state index contributed by atoms with van der Waals surface area (Å²) in [6, 6.07) is 12.2. The predicted octanol–water partition coefficient (Wildman–Crippen LogP) is 2.94. The average Bonchev–Trinajstić information content (AvgIpc) is 2.55. The van der Waals surface area contributed by atoms with Crippen molar-refractivity contribution in [2.75, 3.05) is 13.2 Å². The van der Waals surface area contributed by atoms with Gasteiger partial charge in [0.25, 0.3) is 0 Å². The minimum absolute atomic E-state index is 0.0199. The Morgan fingerprint density at radius 2 is 2.00 bits per heavy atom. The van der Waals surface area contributed by atoms with Crippen molar-refractivity contribution in [3.8, 4) is 5.75 Å². The Morgan fingerprint density at radius 3 is 2.68 bits per heavy atom. The van der Waals surface area contributed by atoms with Crippen molar-refractivity contribution in [2.24, 2.45) is 5.92 Å². The van der Waals surface area contributed by atoms with E-state index < -0.39 is 0 Å². The van der Waals surface area contributed by atoms with E-state index in [1.54, 1.807) is 6.20 Å². The van der Waals surface area contributed by atoms with E-state index in [2.05, 4.69) is 30.2 Å². The third kappa shape index (κ3) is 4.55. The largest absolute Gasteiger partial charge is 0.491 e. The molecule has 0 aliphatic carbocycles. The van der Waals surface area contributed by atoms with Gasteiger partial charge in [0.15, 0.2) is 0 Å². The van der Waals surface area contributed by atoms with Crippen LogP contribution >= 0.6 is 0 Å². The maximum atomic E-state index is 8.91. The van der Waals surface area contributed by atoms with Crippen LogP contribution in [-0.2, 0) is 6.54 Å².